The second kappa shape index (κ2) is 8.60. The van der Waals surface area contributed by atoms with Gasteiger partial charge in [0.15, 0.2) is 5.13 Å². The van der Waals surface area contributed by atoms with Crippen molar-refractivity contribution in [1.29, 1.82) is 0 Å². The number of benzene rings is 2. The van der Waals surface area contributed by atoms with Gasteiger partial charge in [-0.1, -0.05) is 36.4 Å². The molecule has 1 heterocycles. The maximum Gasteiger partial charge on any atom is 0.251 e. The maximum atomic E-state index is 12.2. The number of rotatable bonds is 7. The fourth-order valence-electron chi connectivity index (χ4n) is 2.45. The van der Waals surface area contributed by atoms with Crippen molar-refractivity contribution in [2.45, 2.75) is 6.92 Å². The first-order chi connectivity index (χ1) is 12.7. The van der Waals surface area contributed by atoms with E-state index in [0.717, 1.165) is 27.6 Å². The van der Waals surface area contributed by atoms with Crippen LogP contribution < -0.4 is 10.6 Å². The second-order valence-electron chi connectivity index (χ2n) is 5.81. The fourth-order valence-corrected chi connectivity index (χ4v) is 3.19. The van der Waals surface area contributed by atoms with Gasteiger partial charge < -0.3 is 15.4 Å². The van der Waals surface area contributed by atoms with Gasteiger partial charge >= 0.3 is 0 Å². The summed E-state index contributed by atoms with van der Waals surface area (Å²) < 4.78 is 4.95. The fraction of sp³-hybridized carbons (Fsp3) is 0.200. The lowest BCUT2D eigenvalue weighted by atomic mass is 10.1. The SMILES string of the molecule is COCCNC(=O)c1ccc(C)c(Nc2nc(-c3ccccc3)cs2)c1. The van der Waals surface area contributed by atoms with Gasteiger partial charge in [-0.3, -0.25) is 4.79 Å². The molecule has 0 fully saturated rings. The second-order valence-corrected chi connectivity index (χ2v) is 6.67. The minimum atomic E-state index is -0.116. The number of nitrogens with zero attached hydrogens (tertiary/aromatic N) is 1. The van der Waals surface area contributed by atoms with Crippen LogP contribution >= 0.6 is 11.3 Å². The van der Waals surface area contributed by atoms with E-state index in [9.17, 15) is 4.79 Å². The molecule has 0 unspecified atom stereocenters. The van der Waals surface area contributed by atoms with Gasteiger partial charge in [-0.2, -0.15) is 0 Å². The largest absolute Gasteiger partial charge is 0.383 e. The van der Waals surface area contributed by atoms with E-state index < -0.39 is 0 Å². The monoisotopic (exact) mass is 367 g/mol. The molecule has 0 atom stereocenters. The Kier molecular flexibility index (Phi) is 5.99. The Bertz CT molecular complexity index is 878. The number of ether oxygens (including phenoxy) is 1. The number of thiazole rings is 1. The molecule has 0 aliphatic heterocycles. The van der Waals surface area contributed by atoms with Crippen molar-refractivity contribution in [3.63, 3.8) is 0 Å². The number of amides is 1. The van der Waals surface area contributed by atoms with E-state index in [1.165, 1.54) is 11.3 Å². The third kappa shape index (κ3) is 4.47. The van der Waals surface area contributed by atoms with Crippen LogP contribution in [0.4, 0.5) is 10.8 Å². The van der Waals surface area contributed by atoms with Crippen LogP contribution in [0.15, 0.2) is 53.9 Å². The predicted octanol–water partition coefficient (Wildman–Crippen LogP) is 4.24. The number of anilines is 2. The van der Waals surface area contributed by atoms with Crippen LogP contribution in [0.25, 0.3) is 11.3 Å². The Balaban J connectivity index is 1.74. The first-order valence-electron chi connectivity index (χ1n) is 8.33. The van der Waals surface area contributed by atoms with Crippen LogP contribution in [0.3, 0.4) is 0 Å². The lowest BCUT2D eigenvalue weighted by Gasteiger charge is -2.10. The van der Waals surface area contributed by atoms with E-state index in [0.29, 0.717) is 18.7 Å². The summed E-state index contributed by atoms with van der Waals surface area (Å²) in [7, 11) is 1.61. The van der Waals surface area contributed by atoms with Gasteiger partial charge in [0.05, 0.1) is 12.3 Å². The normalized spacial score (nSPS) is 10.5. The molecule has 3 rings (SSSR count). The topological polar surface area (TPSA) is 63.2 Å². The van der Waals surface area contributed by atoms with E-state index in [1.807, 2.05) is 60.8 Å². The van der Waals surface area contributed by atoms with Crippen molar-refractivity contribution in [3.8, 4) is 11.3 Å². The number of carbonyl (C=O) groups is 1. The molecule has 26 heavy (non-hydrogen) atoms. The minimum absolute atomic E-state index is 0.116. The smallest absolute Gasteiger partial charge is 0.251 e. The Hall–Kier alpha value is -2.70. The molecule has 0 saturated heterocycles. The lowest BCUT2D eigenvalue weighted by molar-refractivity contribution is 0.0937. The Labute approximate surface area is 157 Å². The zero-order valence-electron chi connectivity index (χ0n) is 14.8. The van der Waals surface area contributed by atoms with E-state index >= 15 is 0 Å². The molecule has 1 amide bonds. The lowest BCUT2D eigenvalue weighted by Crippen LogP contribution is -2.26. The van der Waals surface area contributed by atoms with Crippen molar-refractivity contribution < 1.29 is 9.53 Å². The van der Waals surface area contributed by atoms with Gasteiger partial charge in [-0.25, -0.2) is 4.98 Å². The molecule has 1 aromatic heterocycles. The molecular weight excluding hydrogens is 346 g/mol. The third-order valence-corrected chi connectivity index (χ3v) is 4.66. The van der Waals surface area contributed by atoms with Gasteiger partial charge in [-0.15, -0.1) is 11.3 Å². The Morgan fingerprint density at radius 3 is 2.77 bits per heavy atom. The van der Waals surface area contributed by atoms with Gasteiger partial charge in [-0.05, 0) is 24.6 Å². The average Bonchev–Trinajstić information content (AvgIpc) is 3.13. The molecule has 5 nitrogen and oxygen atoms in total. The summed E-state index contributed by atoms with van der Waals surface area (Å²) in [6.45, 7) is 2.98. The van der Waals surface area contributed by atoms with Crippen LogP contribution in [0.5, 0.6) is 0 Å². The number of hydrogen-bond donors (Lipinski definition) is 2. The molecule has 2 N–H and O–H groups in total. The summed E-state index contributed by atoms with van der Waals surface area (Å²) in [4.78, 5) is 16.9. The van der Waals surface area contributed by atoms with Crippen molar-refractivity contribution in [3.05, 3.63) is 65.0 Å². The van der Waals surface area contributed by atoms with Crippen LogP contribution in [-0.4, -0.2) is 31.2 Å². The molecule has 0 spiro atoms. The number of nitrogens with one attached hydrogen (secondary N) is 2. The number of aromatic nitrogens is 1. The first kappa shape index (κ1) is 18.1. The van der Waals surface area contributed by atoms with E-state index in [1.54, 1.807) is 7.11 Å². The summed E-state index contributed by atoms with van der Waals surface area (Å²) >= 11 is 1.54. The molecule has 0 saturated carbocycles. The summed E-state index contributed by atoms with van der Waals surface area (Å²) in [5, 5.41) is 8.98. The van der Waals surface area contributed by atoms with Crippen molar-refractivity contribution in [2.75, 3.05) is 25.6 Å². The summed E-state index contributed by atoms with van der Waals surface area (Å²) in [5.41, 5.74) is 4.55. The van der Waals surface area contributed by atoms with Gasteiger partial charge in [0, 0.05) is 35.8 Å². The van der Waals surface area contributed by atoms with E-state index in [2.05, 4.69) is 15.6 Å². The van der Waals surface area contributed by atoms with Crippen LogP contribution in [-0.2, 0) is 4.74 Å². The molecule has 3 aromatic rings. The summed E-state index contributed by atoms with van der Waals surface area (Å²) in [6, 6.07) is 15.7. The van der Waals surface area contributed by atoms with Gasteiger partial charge in [0.25, 0.3) is 5.91 Å². The zero-order chi connectivity index (χ0) is 18.4. The van der Waals surface area contributed by atoms with Gasteiger partial charge in [0.2, 0.25) is 0 Å². The minimum Gasteiger partial charge on any atom is -0.383 e. The molecule has 2 aromatic carbocycles. The van der Waals surface area contributed by atoms with E-state index in [-0.39, 0.29) is 5.91 Å². The van der Waals surface area contributed by atoms with Crippen LogP contribution in [0.2, 0.25) is 0 Å². The summed E-state index contributed by atoms with van der Waals surface area (Å²) in [6.07, 6.45) is 0. The van der Waals surface area contributed by atoms with Crippen molar-refractivity contribution in [2.24, 2.45) is 0 Å². The standard InChI is InChI=1S/C20H21N3O2S/c1-14-8-9-16(19(24)21-10-11-25-2)12-17(14)22-20-23-18(13-26-20)15-6-4-3-5-7-15/h3-9,12-13H,10-11H2,1-2H3,(H,21,24)(H,22,23). The van der Waals surface area contributed by atoms with E-state index in [4.69, 9.17) is 4.74 Å². The Morgan fingerprint density at radius 1 is 1.19 bits per heavy atom. The zero-order valence-corrected chi connectivity index (χ0v) is 15.6. The number of aryl methyl sites for hydroxylation is 1. The quantitative estimate of drug-likeness (QED) is 0.613. The number of carbonyl (C=O) groups excluding carboxylic acids is 1. The van der Waals surface area contributed by atoms with Crippen LogP contribution in [0.1, 0.15) is 15.9 Å². The predicted molar refractivity (Wildman–Crippen MR) is 106 cm³/mol. The highest BCUT2D eigenvalue weighted by molar-refractivity contribution is 7.14. The Morgan fingerprint density at radius 2 is 2.00 bits per heavy atom. The highest BCUT2D eigenvalue weighted by Crippen LogP contribution is 2.28. The first-order valence-corrected chi connectivity index (χ1v) is 9.21. The highest BCUT2D eigenvalue weighted by Gasteiger charge is 2.10. The molecule has 0 radical (unpaired) electrons. The molecule has 0 aliphatic carbocycles. The third-order valence-electron chi connectivity index (χ3n) is 3.91. The molecule has 0 aliphatic rings. The molecule has 0 bridgehead atoms. The summed E-state index contributed by atoms with van der Waals surface area (Å²) in [5.74, 6) is -0.116. The van der Waals surface area contributed by atoms with Crippen LogP contribution in [0, 0.1) is 6.92 Å². The molecule has 6 heteroatoms. The maximum absolute atomic E-state index is 12.2. The number of methoxy groups -OCH3 is 1. The average molecular weight is 367 g/mol. The van der Waals surface area contributed by atoms with Crippen molar-refractivity contribution >= 4 is 28.1 Å². The highest BCUT2D eigenvalue weighted by atomic mass is 32.1. The molecular formula is C20H21N3O2S. The number of hydrogen-bond acceptors (Lipinski definition) is 5. The van der Waals surface area contributed by atoms with Gasteiger partial charge in [0.1, 0.15) is 0 Å². The van der Waals surface area contributed by atoms with Crippen molar-refractivity contribution in [1.82, 2.24) is 10.3 Å². The molecule has 134 valence electrons.